The van der Waals surface area contributed by atoms with Crippen LogP contribution in [0.5, 0.6) is 5.75 Å². The zero-order chi connectivity index (χ0) is 29.0. The third kappa shape index (κ3) is 6.05. The first-order valence-electron chi connectivity index (χ1n) is 13.6. The summed E-state index contributed by atoms with van der Waals surface area (Å²) in [7, 11) is 3.30. The summed E-state index contributed by atoms with van der Waals surface area (Å²) in [6, 6.07) is 14.0. The number of hydrogen-bond acceptors (Lipinski definition) is 6. The molecule has 0 bridgehead atoms. The van der Waals surface area contributed by atoms with E-state index in [-0.39, 0.29) is 34.8 Å². The molecule has 2 heterocycles. The molecule has 4 rings (SSSR count). The zero-order valence-electron chi connectivity index (χ0n) is 24.5. The van der Waals surface area contributed by atoms with Crippen LogP contribution in [0, 0.1) is 13.8 Å². The first-order valence-corrected chi connectivity index (χ1v) is 14.6. The number of nitrogens with zero attached hydrogens (tertiary/aromatic N) is 3. The van der Waals surface area contributed by atoms with Gasteiger partial charge in [0.1, 0.15) is 18.1 Å². The van der Waals surface area contributed by atoms with Gasteiger partial charge in [-0.15, -0.1) is 11.8 Å². The monoisotopic (exact) mass is 564 g/mol. The van der Waals surface area contributed by atoms with Crippen LogP contribution in [-0.4, -0.2) is 61.3 Å². The third-order valence-electron chi connectivity index (χ3n) is 7.17. The van der Waals surface area contributed by atoms with Crippen LogP contribution in [0.25, 0.3) is 5.69 Å². The molecule has 1 unspecified atom stereocenters. The van der Waals surface area contributed by atoms with Crippen LogP contribution in [0.3, 0.4) is 0 Å². The molecule has 40 heavy (non-hydrogen) atoms. The van der Waals surface area contributed by atoms with Gasteiger partial charge in [-0.05, 0) is 43.5 Å². The summed E-state index contributed by atoms with van der Waals surface area (Å²) in [5, 5.41) is 7.93. The van der Waals surface area contributed by atoms with Crippen molar-refractivity contribution >= 4 is 29.4 Å². The van der Waals surface area contributed by atoms with Crippen molar-refractivity contribution in [2.75, 3.05) is 44.6 Å². The summed E-state index contributed by atoms with van der Waals surface area (Å²) in [6.45, 7) is 11.5. The Balaban J connectivity index is 1.97. The Hall–Kier alpha value is -3.30. The fraction of sp³-hybridized carbons (Fsp3) is 0.452. The van der Waals surface area contributed by atoms with E-state index in [1.54, 1.807) is 30.9 Å². The molecule has 1 aliphatic rings. The molecule has 0 aliphatic carbocycles. The molecule has 0 fully saturated rings. The number of nitrogens with one attached hydrogen (secondary N) is 1. The highest BCUT2D eigenvalue weighted by Crippen LogP contribution is 2.50. The van der Waals surface area contributed by atoms with Gasteiger partial charge < -0.3 is 14.8 Å². The Bertz CT molecular complexity index is 1380. The quantitative estimate of drug-likeness (QED) is 0.363. The van der Waals surface area contributed by atoms with Gasteiger partial charge in [-0.25, -0.2) is 4.68 Å². The maximum Gasteiger partial charge on any atom is 0.240 e. The Morgan fingerprint density at radius 3 is 2.58 bits per heavy atom. The number of aryl methyl sites for hydroxylation is 1. The molecule has 0 radical (unpaired) electrons. The van der Waals surface area contributed by atoms with Crippen molar-refractivity contribution in [3.63, 3.8) is 0 Å². The highest BCUT2D eigenvalue weighted by molar-refractivity contribution is 8.00. The normalized spacial score (nSPS) is 15.5. The predicted molar refractivity (Wildman–Crippen MR) is 161 cm³/mol. The van der Waals surface area contributed by atoms with Gasteiger partial charge in [0, 0.05) is 36.8 Å². The summed E-state index contributed by atoms with van der Waals surface area (Å²) in [5.74, 6) is 1.24. The summed E-state index contributed by atoms with van der Waals surface area (Å²) in [5.41, 5.74) is 5.52. The first kappa shape index (κ1) is 29.7. The van der Waals surface area contributed by atoms with E-state index in [2.05, 4.69) is 46.0 Å². The van der Waals surface area contributed by atoms with Crippen LogP contribution in [-0.2, 0) is 19.7 Å². The molecule has 0 saturated heterocycles. The van der Waals surface area contributed by atoms with E-state index in [9.17, 15) is 9.59 Å². The van der Waals surface area contributed by atoms with Crippen LogP contribution < -0.4 is 15.0 Å². The summed E-state index contributed by atoms with van der Waals surface area (Å²) in [4.78, 5) is 28.6. The third-order valence-corrected chi connectivity index (χ3v) is 8.41. The van der Waals surface area contributed by atoms with E-state index >= 15 is 0 Å². The zero-order valence-corrected chi connectivity index (χ0v) is 25.4. The van der Waals surface area contributed by atoms with Gasteiger partial charge in [-0.3, -0.25) is 14.5 Å². The minimum atomic E-state index is -0.338. The lowest BCUT2D eigenvalue weighted by atomic mass is 9.87. The average Bonchev–Trinajstić information content (AvgIpc) is 3.26. The molecular weight excluding hydrogens is 524 g/mol. The standard InChI is InChI=1S/C31H40N4O4S/c1-20-12-10-14-23(21(20)2)35-30-27(29(33-35)31(3,4)5)28(22-13-8-9-15-24(22)39-7)40-19-26(37)34(30)18-25(36)32-16-11-17-38-6/h8-10,12-15,28H,11,16-19H2,1-7H3,(H,32,36). The van der Waals surface area contributed by atoms with E-state index < -0.39 is 0 Å². The Morgan fingerprint density at radius 1 is 1.12 bits per heavy atom. The highest BCUT2D eigenvalue weighted by atomic mass is 32.2. The summed E-state index contributed by atoms with van der Waals surface area (Å²) in [6.07, 6.45) is 0.696. The van der Waals surface area contributed by atoms with E-state index in [0.29, 0.717) is 25.4 Å². The van der Waals surface area contributed by atoms with Crippen LogP contribution in [0.15, 0.2) is 42.5 Å². The molecular formula is C31H40N4O4S. The van der Waals surface area contributed by atoms with Crippen molar-refractivity contribution in [1.29, 1.82) is 0 Å². The van der Waals surface area contributed by atoms with Crippen LogP contribution in [0.4, 0.5) is 5.82 Å². The maximum absolute atomic E-state index is 13.8. The second-order valence-electron chi connectivity index (χ2n) is 11.1. The number of anilines is 1. The van der Waals surface area contributed by atoms with Gasteiger partial charge in [0.05, 0.1) is 29.5 Å². The van der Waals surface area contributed by atoms with E-state index in [0.717, 1.165) is 39.4 Å². The van der Waals surface area contributed by atoms with Crippen molar-refractivity contribution in [2.24, 2.45) is 0 Å². The molecule has 2 aromatic carbocycles. The minimum Gasteiger partial charge on any atom is -0.496 e. The number of amides is 2. The number of para-hydroxylation sites is 1. The number of hydrogen-bond donors (Lipinski definition) is 1. The number of carbonyl (C=O) groups is 2. The molecule has 1 atom stereocenters. The summed E-state index contributed by atoms with van der Waals surface area (Å²) < 4.78 is 12.8. The number of rotatable bonds is 9. The smallest absolute Gasteiger partial charge is 0.240 e. The van der Waals surface area contributed by atoms with E-state index in [4.69, 9.17) is 14.6 Å². The molecule has 8 nitrogen and oxygen atoms in total. The number of methoxy groups -OCH3 is 2. The van der Waals surface area contributed by atoms with Crippen LogP contribution in [0.1, 0.15) is 60.4 Å². The molecule has 9 heteroatoms. The molecule has 1 aliphatic heterocycles. The molecule has 0 spiro atoms. The molecule has 214 valence electrons. The molecule has 3 aromatic rings. The number of benzene rings is 2. The first-order chi connectivity index (χ1) is 19.1. The second kappa shape index (κ2) is 12.5. The van der Waals surface area contributed by atoms with E-state index in [1.807, 2.05) is 41.1 Å². The lowest BCUT2D eigenvalue weighted by Gasteiger charge is -2.25. The van der Waals surface area contributed by atoms with Gasteiger partial charge in [0.15, 0.2) is 0 Å². The Labute approximate surface area is 241 Å². The fourth-order valence-electron chi connectivity index (χ4n) is 4.98. The maximum atomic E-state index is 13.8. The highest BCUT2D eigenvalue weighted by Gasteiger charge is 2.40. The van der Waals surface area contributed by atoms with Crippen molar-refractivity contribution in [2.45, 2.75) is 51.7 Å². The van der Waals surface area contributed by atoms with Gasteiger partial charge in [-0.2, -0.15) is 5.10 Å². The number of carbonyl (C=O) groups excluding carboxylic acids is 2. The Kier molecular flexibility index (Phi) is 9.26. The number of ether oxygens (including phenoxy) is 2. The lowest BCUT2D eigenvalue weighted by Crippen LogP contribution is -2.42. The van der Waals surface area contributed by atoms with Gasteiger partial charge >= 0.3 is 0 Å². The largest absolute Gasteiger partial charge is 0.496 e. The van der Waals surface area contributed by atoms with Crippen molar-refractivity contribution in [1.82, 2.24) is 15.1 Å². The van der Waals surface area contributed by atoms with Gasteiger partial charge in [0.25, 0.3) is 0 Å². The van der Waals surface area contributed by atoms with Crippen molar-refractivity contribution < 1.29 is 19.1 Å². The van der Waals surface area contributed by atoms with Crippen molar-refractivity contribution in [3.8, 4) is 11.4 Å². The van der Waals surface area contributed by atoms with E-state index in [1.165, 1.54) is 0 Å². The minimum absolute atomic E-state index is 0.0990. The predicted octanol–water partition coefficient (Wildman–Crippen LogP) is 5.12. The number of fused-ring (bicyclic) bond motifs is 1. The SMILES string of the molecule is COCCCNC(=O)CN1C(=O)CSC(c2ccccc2OC)c2c(C(C)(C)C)nn(-c3cccc(C)c3C)c21. The molecule has 0 saturated carbocycles. The van der Waals surface area contributed by atoms with Crippen molar-refractivity contribution in [3.05, 3.63) is 70.4 Å². The summed E-state index contributed by atoms with van der Waals surface area (Å²) >= 11 is 1.55. The number of thioether (sulfide) groups is 1. The fourth-order valence-corrected chi connectivity index (χ4v) is 6.20. The second-order valence-corrected chi connectivity index (χ2v) is 12.2. The Morgan fingerprint density at radius 2 is 1.88 bits per heavy atom. The topological polar surface area (TPSA) is 85.7 Å². The number of aromatic nitrogens is 2. The molecule has 2 amide bonds. The lowest BCUT2D eigenvalue weighted by molar-refractivity contribution is -0.122. The van der Waals surface area contributed by atoms with Gasteiger partial charge in [-0.1, -0.05) is 51.1 Å². The van der Waals surface area contributed by atoms with Crippen LogP contribution >= 0.6 is 11.8 Å². The van der Waals surface area contributed by atoms with Gasteiger partial charge in [0.2, 0.25) is 11.8 Å². The van der Waals surface area contributed by atoms with Crippen LogP contribution in [0.2, 0.25) is 0 Å². The molecule has 1 aromatic heterocycles. The molecule has 1 N–H and O–H groups in total. The average molecular weight is 565 g/mol.